The van der Waals surface area contributed by atoms with Gasteiger partial charge in [-0.2, -0.15) is 0 Å². The van der Waals surface area contributed by atoms with Crippen molar-refractivity contribution in [2.24, 2.45) is 0 Å². The number of hydrogen-bond acceptors (Lipinski definition) is 0. The van der Waals surface area contributed by atoms with Gasteiger partial charge in [-0.05, 0) is 86.2 Å². The van der Waals surface area contributed by atoms with Gasteiger partial charge in [-0.25, -0.2) is 0 Å². The quantitative estimate of drug-likeness (QED) is 0.250. The fraction of sp³-hybridized carbons (Fsp3) is 0.0714. The molecule has 12 radical (unpaired) electrons. The van der Waals surface area contributed by atoms with Crippen molar-refractivity contribution in [3.8, 4) is 0 Å². The van der Waals surface area contributed by atoms with E-state index in [1.807, 2.05) is 0 Å². The summed E-state index contributed by atoms with van der Waals surface area (Å²) in [6, 6.07) is 21.7. The molecule has 0 saturated heterocycles. The third kappa shape index (κ3) is 11.4. The molecule has 4 rings (SSSR count). The van der Waals surface area contributed by atoms with Gasteiger partial charge in [0.05, 0.1) is 0 Å². The van der Waals surface area contributed by atoms with Crippen LogP contribution in [-0.2, 0) is 57.6 Å². The minimum Gasteiger partial charge on any atom is -0.0622 e. The summed E-state index contributed by atoms with van der Waals surface area (Å²) in [6.07, 6.45) is 17.5. The largest absolute Gasteiger partial charge is 1.00 e. The minimum atomic E-state index is 0. The number of hydrogen-bond donors (Lipinski definition) is 0. The maximum atomic E-state index is 7.50. The predicted molar refractivity (Wildman–Crippen MR) is 115 cm³/mol. The average Bonchev–Trinajstić information content (AvgIpc) is 3.63. The van der Waals surface area contributed by atoms with E-state index >= 15 is 0 Å². The molecule has 0 heterocycles. The van der Waals surface area contributed by atoms with Crippen LogP contribution in [0.1, 0.15) is 23.0 Å². The number of benzene rings is 2. The molecule has 0 N–H and O–H groups in total. The summed E-state index contributed by atoms with van der Waals surface area (Å²) >= 11 is 0. The molecule has 0 aliphatic heterocycles. The van der Waals surface area contributed by atoms with Crippen LogP contribution < -0.4 is 0 Å². The summed E-state index contributed by atoms with van der Waals surface area (Å²) in [6.45, 7) is 18.0. The zero-order chi connectivity index (χ0) is 24.2. The Morgan fingerprint density at radius 2 is 0.647 bits per heavy atom. The molecule has 4 nitrogen and oxygen atoms in total. The van der Waals surface area contributed by atoms with E-state index in [9.17, 15) is 0 Å². The predicted octanol–water partition coefficient (Wildman–Crippen LogP) is 5.21. The molecule has 2 aromatic carbocycles. The fourth-order valence-corrected chi connectivity index (χ4v) is 3.67. The molecule has 0 bridgehead atoms. The topological polar surface area (TPSA) is 79.6 Å². The molecule has 2 aliphatic rings. The Balaban J connectivity index is -0.000000876. The Labute approximate surface area is 230 Å². The van der Waals surface area contributed by atoms with E-state index in [1.165, 1.54) is 23.0 Å². The SMILES string of the molecule is [C-]#[O+].[C-]#[O+].[C-]#[O+].[C-]#[O+].[CH]1[CH][CH][C]([C@H](c2ccccc2)[C@@H]([C]2[CH][CH][CH][CH]2)c2ccccc2)[CH]1.[Ru+].[Ru+]. The molecule has 34 heavy (non-hydrogen) atoms. The van der Waals surface area contributed by atoms with E-state index in [4.69, 9.17) is 18.6 Å². The molecule has 0 unspecified atom stereocenters. The second kappa shape index (κ2) is 24.8. The van der Waals surface area contributed by atoms with Crippen LogP contribution in [0.2, 0.25) is 0 Å². The van der Waals surface area contributed by atoms with Crippen LogP contribution in [0.15, 0.2) is 60.7 Å². The maximum Gasteiger partial charge on any atom is 1.00 e. The molecule has 0 spiro atoms. The molecule has 170 valence electrons. The van der Waals surface area contributed by atoms with Crippen LogP contribution in [0.4, 0.5) is 0 Å². The van der Waals surface area contributed by atoms with Crippen LogP contribution in [0, 0.1) is 89.8 Å². The first-order valence-corrected chi connectivity index (χ1v) is 9.28. The second-order valence-electron chi connectivity index (χ2n) is 6.21. The summed E-state index contributed by atoms with van der Waals surface area (Å²) < 4.78 is 30.0. The van der Waals surface area contributed by atoms with Gasteiger partial charge in [-0.15, -0.1) is 0 Å². The van der Waals surface area contributed by atoms with Crippen LogP contribution in [-0.4, -0.2) is 0 Å². The molecule has 2 aliphatic carbocycles. The Kier molecular flexibility index (Phi) is 27.1. The third-order valence-electron chi connectivity index (χ3n) is 4.75. The van der Waals surface area contributed by atoms with Crippen LogP contribution in [0.5, 0.6) is 0 Å². The first-order chi connectivity index (χ1) is 15.9. The van der Waals surface area contributed by atoms with Crippen LogP contribution in [0.25, 0.3) is 0 Å². The Bertz CT molecular complexity index is 709. The normalized spacial score (nSPS) is 15.6. The molecule has 2 atom stereocenters. The fourth-order valence-electron chi connectivity index (χ4n) is 3.67. The zero-order valence-corrected chi connectivity index (χ0v) is 21.4. The second-order valence-corrected chi connectivity index (χ2v) is 6.21. The molecule has 2 aromatic rings. The monoisotopic (exact) mass is 624 g/mol. The molecule has 6 heteroatoms. The number of rotatable bonds is 5. The van der Waals surface area contributed by atoms with Crippen molar-refractivity contribution in [3.63, 3.8) is 0 Å². The smallest absolute Gasteiger partial charge is 0.0622 e. The van der Waals surface area contributed by atoms with Crippen molar-refractivity contribution in [2.45, 2.75) is 11.8 Å². The van der Waals surface area contributed by atoms with Gasteiger partial charge in [-0.1, -0.05) is 60.7 Å². The van der Waals surface area contributed by atoms with E-state index in [0.29, 0.717) is 11.8 Å². The zero-order valence-electron chi connectivity index (χ0n) is 17.9. The first-order valence-electron chi connectivity index (χ1n) is 9.28. The van der Waals surface area contributed by atoms with E-state index in [1.54, 1.807) is 0 Å². The van der Waals surface area contributed by atoms with Crippen molar-refractivity contribution in [2.75, 3.05) is 0 Å². The van der Waals surface area contributed by atoms with Gasteiger partial charge < -0.3 is 0 Å². The molecule has 0 aromatic heterocycles. The Morgan fingerprint density at radius 3 is 0.882 bits per heavy atom. The Morgan fingerprint density at radius 1 is 0.412 bits per heavy atom. The van der Waals surface area contributed by atoms with Crippen molar-refractivity contribution in [1.29, 1.82) is 0 Å². The summed E-state index contributed by atoms with van der Waals surface area (Å²) in [4.78, 5) is 0. The van der Waals surface area contributed by atoms with Gasteiger partial charge in [0.15, 0.2) is 0 Å². The minimum absolute atomic E-state index is 0. The van der Waals surface area contributed by atoms with E-state index in [0.717, 1.165) is 0 Å². The summed E-state index contributed by atoms with van der Waals surface area (Å²) in [5.74, 6) is 3.37. The molecule has 0 amide bonds. The van der Waals surface area contributed by atoms with E-state index < -0.39 is 0 Å². The third-order valence-corrected chi connectivity index (χ3v) is 4.75. The van der Waals surface area contributed by atoms with Crippen LogP contribution in [0.3, 0.4) is 0 Å². The summed E-state index contributed by atoms with van der Waals surface area (Å²) in [5.41, 5.74) is 2.72. The van der Waals surface area contributed by atoms with Gasteiger partial charge in [0.2, 0.25) is 0 Å². The molecular weight excluding hydrogens is 602 g/mol. The Hall–Kier alpha value is -1.35. The van der Waals surface area contributed by atoms with E-state index in [2.05, 4.69) is 139 Å². The standard InChI is InChI=1S/C24H20.4CO.2Ru/c1-3-11-19(12-4-1)23(21-15-7-8-16-21)24(22-17-9-10-18-22)20-13-5-2-6-14-20;4*1-2;;/h1-18,23-24H;;;;;;/q;;;;;2*+1/t23-,24+;;;;;;. The van der Waals surface area contributed by atoms with Gasteiger partial charge in [-0.3, -0.25) is 0 Å². The van der Waals surface area contributed by atoms with Crippen molar-refractivity contribution in [1.82, 2.24) is 0 Å². The van der Waals surface area contributed by atoms with Crippen molar-refractivity contribution in [3.05, 3.63) is 162 Å². The molecular formula is C28H20O4Ru2+2. The maximum absolute atomic E-state index is 7.50. The first kappa shape index (κ1) is 37.2. The van der Waals surface area contributed by atoms with Crippen LogP contribution >= 0.6 is 0 Å². The van der Waals surface area contributed by atoms with Gasteiger partial charge in [0.1, 0.15) is 0 Å². The summed E-state index contributed by atoms with van der Waals surface area (Å²) in [5, 5.41) is 0. The van der Waals surface area contributed by atoms with Gasteiger partial charge >= 0.3 is 84.2 Å². The molecule has 2 fully saturated rings. The average molecular weight is 623 g/mol. The van der Waals surface area contributed by atoms with Gasteiger partial charge in [0, 0.05) is 0 Å². The molecule has 2 saturated carbocycles. The summed E-state index contributed by atoms with van der Waals surface area (Å²) in [7, 11) is 0. The van der Waals surface area contributed by atoms with Crippen molar-refractivity contribution >= 4 is 0 Å². The van der Waals surface area contributed by atoms with Crippen molar-refractivity contribution < 1.29 is 57.6 Å². The van der Waals surface area contributed by atoms with Gasteiger partial charge in [0.25, 0.3) is 0 Å². The van der Waals surface area contributed by atoms with E-state index in [-0.39, 0.29) is 39.0 Å².